The van der Waals surface area contributed by atoms with Crippen molar-refractivity contribution < 1.29 is 22.5 Å². The van der Waals surface area contributed by atoms with Crippen molar-refractivity contribution >= 4 is 15.7 Å². The van der Waals surface area contributed by atoms with Gasteiger partial charge in [0, 0.05) is 12.6 Å². The third-order valence-electron chi connectivity index (χ3n) is 2.90. The fraction of sp³-hybridized carbons (Fsp3) is 0.455. The second-order valence-corrected chi connectivity index (χ2v) is 6.06. The van der Waals surface area contributed by atoms with Gasteiger partial charge in [-0.1, -0.05) is 6.07 Å². The van der Waals surface area contributed by atoms with Crippen LogP contribution in [0.1, 0.15) is 12.8 Å². The highest BCUT2D eigenvalue weighted by Gasteiger charge is 2.31. The van der Waals surface area contributed by atoms with Gasteiger partial charge in [-0.15, -0.1) is 0 Å². The minimum absolute atomic E-state index is 0.197. The van der Waals surface area contributed by atoms with Crippen LogP contribution in [0.5, 0.6) is 0 Å². The molecule has 9 heteroatoms. The number of hydrogen-bond donors (Lipinski definition) is 1. The fourth-order valence-electron chi connectivity index (χ4n) is 2.01. The average molecular weight is 304 g/mol. The molecule has 0 bridgehead atoms. The van der Waals surface area contributed by atoms with E-state index in [1.54, 1.807) is 0 Å². The van der Waals surface area contributed by atoms with E-state index in [0.717, 1.165) is 18.2 Å². The number of sulfonamides is 1. The number of ether oxygens (including phenoxy) is 1. The molecular formula is C11H13FN2O5S. The minimum Gasteiger partial charge on any atom is -0.380 e. The summed E-state index contributed by atoms with van der Waals surface area (Å²) in [5.41, 5.74) is -1.04. The highest BCUT2D eigenvalue weighted by molar-refractivity contribution is 7.89. The first-order valence-corrected chi connectivity index (χ1v) is 7.43. The summed E-state index contributed by atoms with van der Waals surface area (Å²) in [4.78, 5) is 9.12. The summed E-state index contributed by atoms with van der Waals surface area (Å²) < 4.78 is 45.2. The zero-order valence-corrected chi connectivity index (χ0v) is 11.2. The standard InChI is InChI=1S/C11H13FN2O5S/c12-9-4-1-5-10(11(9)14(15)16)20(17,18)13-8-3-2-6-19-7-8/h1,4-5,8,13H,2-3,6-7H2. The topological polar surface area (TPSA) is 98.5 Å². The Morgan fingerprint density at radius 2 is 2.20 bits per heavy atom. The Bertz CT molecular complexity index is 613. The maximum Gasteiger partial charge on any atom is 0.324 e. The summed E-state index contributed by atoms with van der Waals surface area (Å²) in [7, 11) is -4.17. The minimum atomic E-state index is -4.17. The zero-order valence-electron chi connectivity index (χ0n) is 10.4. The molecule has 1 aliphatic heterocycles. The van der Waals surface area contributed by atoms with E-state index >= 15 is 0 Å². The van der Waals surface area contributed by atoms with Gasteiger partial charge in [0.2, 0.25) is 15.8 Å². The highest BCUT2D eigenvalue weighted by Crippen LogP contribution is 2.27. The van der Waals surface area contributed by atoms with E-state index < -0.39 is 37.4 Å². The molecule has 1 saturated heterocycles. The third-order valence-corrected chi connectivity index (χ3v) is 4.46. The zero-order chi connectivity index (χ0) is 14.8. The quantitative estimate of drug-likeness (QED) is 0.665. The molecule has 0 radical (unpaired) electrons. The Hall–Kier alpha value is -1.58. The molecule has 1 aromatic rings. The number of nitro groups is 1. The Kier molecular flexibility index (Phi) is 4.31. The predicted molar refractivity (Wildman–Crippen MR) is 67.2 cm³/mol. The summed E-state index contributed by atoms with van der Waals surface area (Å²) >= 11 is 0. The van der Waals surface area contributed by atoms with Crippen LogP contribution in [0.3, 0.4) is 0 Å². The van der Waals surface area contributed by atoms with Gasteiger partial charge in [0.15, 0.2) is 4.90 Å². The number of nitrogens with one attached hydrogen (secondary N) is 1. The SMILES string of the molecule is O=[N+]([O-])c1c(F)cccc1S(=O)(=O)NC1CCCOC1. The number of nitrogens with zero attached hydrogens (tertiary/aromatic N) is 1. The summed E-state index contributed by atoms with van der Waals surface area (Å²) in [5.74, 6) is -1.18. The van der Waals surface area contributed by atoms with Crippen molar-refractivity contribution in [3.05, 3.63) is 34.1 Å². The largest absolute Gasteiger partial charge is 0.380 e. The molecule has 2 rings (SSSR count). The van der Waals surface area contributed by atoms with Crippen LogP contribution in [-0.4, -0.2) is 32.6 Å². The normalized spacial score (nSPS) is 19.8. The van der Waals surface area contributed by atoms with E-state index in [1.165, 1.54) is 0 Å². The molecule has 1 heterocycles. The lowest BCUT2D eigenvalue weighted by molar-refractivity contribution is -0.390. The molecule has 1 aliphatic rings. The van der Waals surface area contributed by atoms with Crippen LogP contribution in [0, 0.1) is 15.9 Å². The van der Waals surface area contributed by atoms with Crippen molar-refractivity contribution in [3.8, 4) is 0 Å². The summed E-state index contributed by atoms with van der Waals surface area (Å²) in [5, 5.41) is 10.8. The van der Waals surface area contributed by atoms with E-state index in [9.17, 15) is 22.9 Å². The molecule has 0 amide bonds. The van der Waals surface area contributed by atoms with Gasteiger partial charge in [0.05, 0.1) is 11.5 Å². The molecule has 0 spiro atoms. The average Bonchev–Trinajstić information content (AvgIpc) is 2.38. The lowest BCUT2D eigenvalue weighted by atomic mass is 10.1. The second kappa shape index (κ2) is 5.81. The maximum absolute atomic E-state index is 13.5. The molecule has 0 saturated carbocycles. The molecule has 1 aromatic carbocycles. The van der Waals surface area contributed by atoms with Gasteiger partial charge in [-0.2, -0.15) is 4.39 Å². The Morgan fingerprint density at radius 3 is 2.80 bits per heavy atom. The molecule has 0 aromatic heterocycles. The van der Waals surface area contributed by atoms with Gasteiger partial charge >= 0.3 is 5.69 Å². The van der Waals surface area contributed by atoms with Crippen molar-refractivity contribution in [2.45, 2.75) is 23.8 Å². The Morgan fingerprint density at radius 1 is 1.45 bits per heavy atom. The van der Waals surface area contributed by atoms with Gasteiger partial charge in [-0.3, -0.25) is 10.1 Å². The predicted octanol–water partition coefficient (Wildman–Crippen LogP) is 1.19. The number of para-hydroxylation sites is 1. The summed E-state index contributed by atoms with van der Waals surface area (Å²) in [6.07, 6.45) is 1.26. The highest BCUT2D eigenvalue weighted by atomic mass is 32.2. The van der Waals surface area contributed by atoms with E-state index in [1.807, 2.05) is 0 Å². The van der Waals surface area contributed by atoms with Crippen molar-refractivity contribution in [1.82, 2.24) is 4.72 Å². The van der Waals surface area contributed by atoms with Crippen LogP contribution >= 0.6 is 0 Å². The van der Waals surface area contributed by atoms with Crippen molar-refractivity contribution in [3.63, 3.8) is 0 Å². The number of hydrogen-bond acceptors (Lipinski definition) is 5. The van der Waals surface area contributed by atoms with E-state index in [4.69, 9.17) is 4.74 Å². The first kappa shape index (κ1) is 14.8. The van der Waals surface area contributed by atoms with Gasteiger partial charge in [0.25, 0.3) is 0 Å². The monoisotopic (exact) mass is 304 g/mol. The molecule has 1 fully saturated rings. The van der Waals surface area contributed by atoms with E-state index in [-0.39, 0.29) is 6.61 Å². The van der Waals surface area contributed by atoms with Crippen LogP contribution in [0.4, 0.5) is 10.1 Å². The van der Waals surface area contributed by atoms with Gasteiger partial charge in [0.1, 0.15) is 0 Å². The van der Waals surface area contributed by atoms with Crippen LogP contribution < -0.4 is 4.72 Å². The lowest BCUT2D eigenvalue weighted by Gasteiger charge is -2.22. The molecule has 1 N–H and O–H groups in total. The van der Waals surface area contributed by atoms with E-state index in [2.05, 4.69) is 4.72 Å². The van der Waals surface area contributed by atoms with Crippen molar-refractivity contribution in [1.29, 1.82) is 0 Å². The van der Waals surface area contributed by atoms with Gasteiger partial charge in [-0.05, 0) is 25.0 Å². The molecule has 0 aliphatic carbocycles. The fourth-order valence-corrected chi connectivity index (χ4v) is 3.44. The smallest absolute Gasteiger partial charge is 0.324 e. The molecule has 20 heavy (non-hydrogen) atoms. The van der Waals surface area contributed by atoms with Crippen molar-refractivity contribution in [2.24, 2.45) is 0 Å². The summed E-state index contributed by atoms with van der Waals surface area (Å²) in [6, 6.07) is 2.51. The van der Waals surface area contributed by atoms with Crippen molar-refractivity contribution in [2.75, 3.05) is 13.2 Å². The lowest BCUT2D eigenvalue weighted by Crippen LogP contribution is -2.40. The number of benzene rings is 1. The Labute approximate surface area is 114 Å². The first-order chi connectivity index (χ1) is 9.42. The van der Waals surface area contributed by atoms with Crippen LogP contribution in [0.25, 0.3) is 0 Å². The molecule has 7 nitrogen and oxygen atoms in total. The summed E-state index contributed by atoms with van der Waals surface area (Å²) in [6.45, 7) is 0.751. The first-order valence-electron chi connectivity index (χ1n) is 5.95. The second-order valence-electron chi connectivity index (χ2n) is 4.38. The number of nitro benzene ring substituents is 1. The number of halogens is 1. The molecule has 1 unspecified atom stereocenters. The Balaban J connectivity index is 2.34. The van der Waals surface area contributed by atoms with E-state index in [0.29, 0.717) is 19.4 Å². The number of rotatable bonds is 4. The molecular weight excluding hydrogens is 291 g/mol. The van der Waals surface area contributed by atoms with Gasteiger partial charge < -0.3 is 4.74 Å². The third kappa shape index (κ3) is 3.11. The molecule has 110 valence electrons. The van der Waals surface area contributed by atoms with Crippen LogP contribution in [0.15, 0.2) is 23.1 Å². The van der Waals surface area contributed by atoms with Gasteiger partial charge in [-0.25, -0.2) is 13.1 Å². The molecule has 1 atom stereocenters. The maximum atomic E-state index is 13.5. The van der Waals surface area contributed by atoms with Crippen LogP contribution in [0.2, 0.25) is 0 Å². The van der Waals surface area contributed by atoms with Crippen LogP contribution in [-0.2, 0) is 14.8 Å².